The molecule has 124 valence electrons. The molecule has 0 aromatic rings. The average Bonchev–Trinajstić information content (AvgIpc) is 2.93. The van der Waals surface area contributed by atoms with E-state index < -0.39 is 0 Å². The third kappa shape index (κ3) is 1.93. The standard InChI is InChI=1S/C21H34O/c1-14(2)21-10-4-5-19(21)17-7-6-15-13-16(22)8-11-20(15,3)18(17)9-12-21/h6,14,16-19,22H,4-5,7-13H2,1-3H3/t16-,17+,18-,19-,20-,21-/m0/s1. The summed E-state index contributed by atoms with van der Waals surface area (Å²) in [5.74, 6) is 3.66. The molecule has 6 atom stereocenters. The maximum atomic E-state index is 10.1. The van der Waals surface area contributed by atoms with Crippen LogP contribution in [-0.2, 0) is 0 Å². The molecule has 0 spiro atoms. The molecule has 0 amide bonds. The first-order valence-corrected chi connectivity index (χ1v) is 9.85. The van der Waals surface area contributed by atoms with Crippen molar-refractivity contribution in [2.75, 3.05) is 0 Å². The zero-order valence-corrected chi connectivity index (χ0v) is 14.8. The quantitative estimate of drug-likeness (QED) is 0.648. The topological polar surface area (TPSA) is 20.2 Å². The van der Waals surface area contributed by atoms with E-state index in [0.29, 0.717) is 10.8 Å². The number of aliphatic hydroxyl groups is 1. The summed E-state index contributed by atoms with van der Waals surface area (Å²) in [6, 6.07) is 0. The van der Waals surface area contributed by atoms with Crippen LogP contribution >= 0.6 is 0 Å². The molecule has 3 saturated carbocycles. The fraction of sp³-hybridized carbons (Fsp3) is 0.905. The van der Waals surface area contributed by atoms with Crippen LogP contribution in [-0.4, -0.2) is 11.2 Å². The van der Waals surface area contributed by atoms with Gasteiger partial charge in [-0.2, -0.15) is 0 Å². The van der Waals surface area contributed by atoms with Crippen LogP contribution in [0.2, 0.25) is 0 Å². The molecule has 0 unspecified atom stereocenters. The maximum Gasteiger partial charge on any atom is 0.0577 e. The lowest BCUT2D eigenvalue weighted by Crippen LogP contribution is -2.51. The summed E-state index contributed by atoms with van der Waals surface area (Å²) in [4.78, 5) is 0. The second kappa shape index (κ2) is 5.10. The average molecular weight is 303 g/mol. The number of fused-ring (bicyclic) bond motifs is 5. The summed E-state index contributed by atoms with van der Waals surface area (Å²) >= 11 is 0. The lowest BCUT2D eigenvalue weighted by molar-refractivity contribution is -0.0619. The zero-order valence-electron chi connectivity index (χ0n) is 14.8. The fourth-order valence-corrected chi connectivity index (χ4v) is 7.35. The van der Waals surface area contributed by atoms with E-state index in [2.05, 4.69) is 26.8 Å². The van der Waals surface area contributed by atoms with Gasteiger partial charge in [0, 0.05) is 0 Å². The van der Waals surface area contributed by atoms with Crippen molar-refractivity contribution in [3.8, 4) is 0 Å². The first-order chi connectivity index (χ1) is 10.5. The van der Waals surface area contributed by atoms with E-state index in [0.717, 1.165) is 36.5 Å². The minimum Gasteiger partial charge on any atom is -0.393 e. The summed E-state index contributed by atoms with van der Waals surface area (Å²) in [5.41, 5.74) is 2.69. The monoisotopic (exact) mass is 302 g/mol. The highest BCUT2D eigenvalue weighted by Crippen LogP contribution is 2.66. The molecular weight excluding hydrogens is 268 g/mol. The second-order valence-corrected chi connectivity index (χ2v) is 9.47. The molecule has 0 aromatic carbocycles. The van der Waals surface area contributed by atoms with Crippen molar-refractivity contribution >= 4 is 0 Å². The van der Waals surface area contributed by atoms with Crippen molar-refractivity contribution < 1.29 is 5.11 Å². The van der Waals surface area contributed by atoms with Crippen molar-refractivity contribution in [2.24, 2.45) is 34.5 Å². The molecule has 0 radical (unpaired) electrons. The Balaban J connectivity index is 1.68. The zero-order chi connectivity index (χ0) is 15.5. The smallest absolute Gasteiger partial charge is 0.0577 e. The van der Waals surface area contributed by atoms with E-state index in [-0.39, 0.29) is 6.10 Å². The summed E-state index contributed by atoms with van der Waals surface area (Å²) in [5, 5.41) is 10.1. The second-order valence-electron chi connectivity index (χ2n) is 9.47. The minimum absolute atomic E-state index is 0.0688. The Kier molecular flexibility index (Phi) is 3.53. The Morgan fingerprint density at radius 1 is 1.09 bits per heavy atom. The lowest BCUT2D eigenvalue weighted by Gasteiger charge is -2.59. The highest BCUT2D eigenvalue weighted by Gasteiger charge is 2.57. The predicted octanol–water partition coefficient (Wildman–Crippen LogP) is 5.34. The molecule has 0 aliphatic heterocycles. The summed E-state index contributed by atoms with van der Waals surface area (Å²) in [6.07, 6.45) is 14.4. The lowest BCUT2D eigenvalue weighted by atomic mass is 9.46. The van der Waals surface area contributed by atoms with Crippen LogP contribution < -0.4 is 0 Å². The number of hydrogen-bond donors (Lipinski definition) is 1. The third-order valence-electron chi connectivity index (χ3n) is 8.64. The highest BCUT2D eigenvalue weighted by molar-refractivity contribution is 5.25. The van der Waals surface area contributed by atoms with Crippen LogP contribution in [0, 0.1) is 34.5 Å². The van der Waals surface area contributed by atoms with Crippen molar-refractivity contribution in [1.29, 1.82) is 0 Å². The Morgan fingerprint density at radius 2 is 1.91 bits per heavy atom. The molecule has 0 heterocycles. The molecular formula is C21H34O. The summed E-state index contributed by atoms with van der Waals surface area (Å²) in [7, 11) is 0. The number of hydrogen-bond acceptors (Lipinski definition) is 1. The Bertz CT molecular complexity index is 478. The van der Waals surface area contributed by atoms with Crippen LogP contribution in [0.5, 0.6) is 0 Å². The van der Waals surface area contributed by atoms with E-state index in [9.17, 15) is 5.11 Å². The van der Waals surface area contributed by atoms with Gasteiger partial charge in [0.05, 0.1) is 6.10 Å². The SMILES string of the molecule is CC(C)[C@@]12CCC[C@H]1[C@@H]1CC=C3C[C@@H](O)CC[C@]3(C)[C@H]1CC2. The molecule has 22 heavy (non-hydrogen) atoms. The van der Waals surface area contributed by atoms with Crippen LogP contribution in [0.4, 0.5) is 0 Å². The number of rotatable bonds is 1. The first kappa shape index (κ1) is 15.2. The summed E-state index contributed by atoms with van der Waals surface area (Å²) < 4.78 is 0. The third-order valence-corrected chi connectivity index (χ3v) is 8.64. The van der Waals surface area contributed by atoms with Gasteiger partial charge in [0.15, 0.2) is 0 Å². The molecule has 0 saturated heterocycles. The molecule has 0 aromatic heterocycles. The number of aliphatic hydroxyl groups excluding tert-OH is 1. The predicted molar refractivity (Wildman–Crippen MR) is 91.5 cm³/mol. The van der Waals surface area contributed by atoms with Gasteiger partial charge < -0.3 is 5.11 Å². The molecule has 1 N–H and O–H groups in total. The van der Waals surface area contributed by atoms with Gasteiger partial charge in [0.2, 0.25) is 0 Å². The Morgan fingerprint density at radius 3 is 2.68 bits per heavy atom. The van der Waals surface area contributed by atoms with Gasteiger partial charge >= 0.3 is 0 Å². The van der Waals surface area contributed by atoms with Gasteiger partial charge in [-0.05, 0) is 85.9 Å². The molecule has 4 aliphatic rings. The molecule has 0 bridgehead atoms. The minimum atomic E-state index is -0.0688. The van der Waals surface area contributed by atoms with Crippen LogP contribution in [0.3, 0.4) is 0 Å². The van der Waals surface area contributed by atoms with Crippen LogP contribution in [0.25, 0.3) is 0 Å². The maximum absolute atomic E-state index is 10.1. The Labute approximate surface area is 136 Å². The van der Waals surface area contributed by atoms with Gasteiger partial charge in [-0.15, -0.1) is 0 Å². The van der Waals surface area contributed by atoms with Crippen molar-refractivity contribution in [3.05, 3.63) is 11.6 Å². The van der Waals surface area contributed by atoms with Gasteiger partial charge in [0.25, 0.3) is 0 Å². The van der Waals surface area contributed by atoms with Gasteiger partial charge in [-0.1, -0.05) is 38.8 Å². The van der Waals surface area contributed by atoms with Crippen molar-refractivity contribution in [1.82, 2.24) is 0 Å². The van der Waals surface area contributed by atoms with E-state index in [1.807, 2.05) is 0 Å². The number of allylic oxidation sites excluding steroid dienone is 1. The Hall–Kier alpha value is -0.300. The normalized spacial score (nSPS) is 51.0. The molecule has 4 aliphatic carbocycles. The first-order valence-electron chi connectivity index (χ1n) is 9.85. The molecule has 1 heteroatoms. The van der Waals surface area contributed by atoms with E-state index in [4.69, 9.17) is 0 Å². The van der Waals surface area contributed by atoms with Crippen molar-refractivity contribution in [3.63, 3.8) is 0 Å². The molecule has 1 nitrogen and oxygen atoms in total. The van der Waals surface area contributed by atoms with E-state index in [1.165, 1.54) is 44.9 Å². The van der Waals surface area contributed by atoms with Gasteiger partial charge in [-0.25, -0.2) is 0 Å². The fourth-order valence-electron chi connectivity index (χ4n) is 7.35. The van der Waals surface area contributed by atoms with E-state index >= 15 is 0 Å². The van der Waals surface area contributed by atoms with Gasteiger partial charge in [-0.3, -0.25) is 0 Å². The highest BCUT2D eigenvalue weighted by atomic mass is 16.3. The molecule has 3 fully saturated rings. The largest absolute Gasteiger partial charge is 0.393 e. The van der Waals surface area contributed by atoms with Crippen LogP contribution in [0.15, 0.2) is 11.6 Å². The van der Waals surface area contributed by atoms with Crippen LogP contribution in [0.1, 0.15) is 78.6 Å². The van der Waals surface area contributed by atoms with Gasteiger partial charge in [0.1, 0.15) is 0 Å². The summed E-state index contributed by atoms with van der Waals surface area (Å²) in [6.45, 7) is 7.52. The molecule has 4 rings (SSSR count). The van der Waals surface area contributed by atoms with Crippen molar-refractivity contribution in [2.45, 2.75) is 84.7 Å². The van der Waals surface area contributed by atoms with E-state index in [1.54, 1.807) is 5.57 Å².